The highest BCUT2D eigenvalue weighted by atomic mass is 19.1. The maximum absolute atomic E-state index is 11.9. The Balaban J connectivity index is 0.000000132. The molecule has 1 heteroatoms. The first-order valence-corrected chi connectivity index (χ1v) is 4.10. The Morgan fingerprint density at radius 3 is 1.08 bits per heavy atom. The summed E-state index contributed by atoms with van der Waals surface area (Å²) in [5, 5.41) is 0. The summed E-state index contributed by atoms with van der Waals surface area (Å²) < 4.78 is 11.9. The van der Waals surface area contributed by atoms with E-state index in [4.69, 9.17) is 0 Å². The van der Waals surface area contributed by atoms with E-state index in [0.717, 1.165) is 0 Å². The fourth-order valence-corrected chi connectivity index (χ4v) is 0.800. The largest absolute Gasteiger partial charge is 0.207 e. The minimum absolute atomic E-state index is 0.178. The van der Waals surface area contributed by atoms with Gasteiger partial charge in [-0.2, -0.15) is 0 Å². The van der Waals surface area contributed by atoms with Crippen LogP contribution in [0, 0.1) is 5.82 Å². The third kappa shape index (κ3) is 4.75. The van der Waals surface area contributed by atoms with Crippen LogP contribution in [0.5, 0.6) is 0 Å². The second-order valence-electron chi connectivity index (χ2n) is 2.45. The maximum Gasteiger partial charge on any atom is 0.123 e. The standard InChI is InChI=1S/C6H5F.C6H6/c7-6-4-2-1-3-5-6;1-2-4-6-5-3-1/h1-5H;1-6H. The van der Waals surface area contributed by atoms with Crippen molar-refractivity contribution in [2.75, 3.05) is 0 Å². The predicted octanol–water partition coefficient (Wildman–Crippen LogP) is 3.51. The first-order chi connectivity index (χ1) is 6.39. The molecule has 0 atom stereocenters. The summed E-state index contributed by atoms with van der Waals surface area (Å²) >= 11 is 0. The van der Waals surface area contributed by atoms with Gasteiger partial charge in [0.1, 0.15) is 5.82 Å². The Morgan fingerprint density at radius 2 is 0.846 bits per heavy atom. The van der Waals surface area contributed by atoms with E-state index in [9.17, 15) is 4.39 Å². The highest BCUT2D eigenvalue weighted by Gasteiger charge is 1.77. The third-order valence-corrected chi connectivity index (χ3v) is 1.40. The minimum Gasteiger partial charge on any atom is -0.207 e. The van der Waals surface area contributed by atoms with Crippen molar-refractivity contribution in [3.63, 3.8) is 0 Å². The summed E-state index contributed by atoms with van der Waals surface area (Å²) in [6, 6.07) is 19.9. The second-order valence-corrected chi connectivity index (χ2v) is 2.45. The van der Waals surface area contributed by atoms with Gasteiger partial charge in [0.25, 0.3) is 0 Å². The van der Waals surface area contributed by atoms with Crippen molar-refractivity contribution in [2.45, 2.75) is 0 Å². The molecule has 0 aliphatic carbocycles. The zero-order valence-corrected chi connectivity index (χ0v) is 7.23. The van der Waals surface area contributed by atoms with Crippen molar-refractivity contribution in [3.8, 4) is 0 Å². The van der Waals surface area contributed by atoms with Crippen molar-refractivity contribution in [1.82, 2.24) is 0 Å². The van der Waals surface area contributed by atoms with Gasteiger partial charge < -0.3 is 0 Å². The molecule has 0 heterocycles. The summed E-state index contributed by atoms with van der Waals surface area (Å²) in [5.74, 6) is -0.178. The molecule has 0 bridgehead atoms. The SMILES string of the molecule is Fc1ccccc1.c1ccccc1. The number of benzene rings is 2. The second kappa shape index (κ2) is 5.95. The summed E-state index contributed by atoms with van der Waals surface area (Å²) in [6.45, 7) is 0. The van der Waals surface area contributed by atoms with E-state index in [1.165, 1.54) is 12.1 Å². The summed E-state index contributed by atoms with van der Waals surface area (Å²) in [4.78, 5) is 0. The first kappa shape index (κ1) is 9.46. The molecular formula is C12H11F. The molecule has 0 nitrogen and oxygen atoms in total. The number of hydrogen-bond donors (Lipinski definition) is 0. The van der Waals surface area contributed by atoms with Gasteiger partial charge in [-0.3, -0.25) is 0 Å². The molecule has 0 radical (unpaired) electrons. The molecule has 0 saturated carbocycles. The molecule has 2 rings (SSSR count). The van der Waals surface area contributed by atoms with Gasteiger partial charge in [0, 0.05) is 0 Å². The molecule has 2 aromatic rings. The Bertz CT molecular complexity index is 276. The van der Waals surface area contributed by atoms with Gasteiger partial charge in [-0.05, 0) is 12.1 Å². The van der Waals surface area contributed by atoms with E-state index in [-0.39, 0.29) is 5.82 Å². The Kier molecular flexibility index (Phi) is 4.33. The van der Waals surface area contributed by atoms with Crippen LogP contribution in [0.15, 0.2) is 66.7 Å². The van der Waals surface area contributed by atoms with Crippen LogP contribution in [-0.4, -0.2) is 0 Å². The molecule has 0 aliphatic heterocycles. The molecular weight excluding hydrogens is 163 g/mol. The molecule has 0 aliphatic rings. The van der Waals surface area contributed by atoms with E-state index in [1.54, 1.807) is 18.2 Å². The van der Waals surface area contributed by atoms with Gasteiger partial charge in [0.15, 0.2) is 0 Å². The maximum atomic E-state index is 11.9. The zero-order valence-electron chi connectivity index (χ0n) is 7.23. The molecule has 0 fully saturated rings. The fourth-order valence-electron chi connectivity index (χ4n) is 0.800. The molecule has 0 amide bonds. The summed E-state index contributed by atoms with van der Waals surface area (Å²) in [6.07, 6.45) is 0. The van der Waals surface area contributed by atoms with Crippen LogP contribution in [0.1, 0.15) is 0 Å². The first-order valence-electron chi connectivity index (χ1n) is 4.10. The topological polar surface area (TPSA) is 0 Å². The Morgan fingerprint density at radius 1 is 0.538 bits per heavy atom. The van der Waals surface area contributed by atoms with Gasteiger partial charge in [-0.1, -0.05) is 54.6 Å². The molecule has 66 valence electrons. The molecule has 0 N–H and O–H groups in total. The van der Waals surface area contributed by atoms with Crippen molar-refractivity contribution in [2.24, 2.45) is 0 Å². The van der Waals surface area contributed by atoms with Crippen molar-refractivity contribution in [1.29, 1.82) is 0 Å². The molecule has 0 unspecified atom stereocenters. The van der Waals surface area contributed by atoms with E-state index in [1.807, 2.05) is 36.4 Å². The average molecular weight is 174 g/mol. The third-order valence-electron chi connectivity index (χ3n) is 1.40. The van der Waals surface area contributed by atoms with Gasteiger partial charge >= 0.3 is 0 Å². The van der Waals surface area contributed by atoms with E-state index in [2.05, 4.69) is 0 Å². The average Bonchev–Trinajstić information content (AvgIpc) is 2.22. The Labute approximate surface area is 77.7 Å². The van der Waals surface area contributed by atoms with Gasteiger partial charge in [-0.15, -0.1) is 0 Å². The van der Waals surface area contributed by atoms with Crippen molar-refractivity contribution >= 4 is 0 Å². The van der Waals surface area contributed by atoms with Gasteiger partial charge in [0.2, 0.25) is 0 Å². The van der Waals surface area contributed by atoms with Crippen LogP contribution >= 0.6 is 0 Å². The van der Waals surface area contributed by atoms with Crippen LogP contribution in [0.2, 0.25) is 0 Å². The summed E-state index contributed by atoms with van der Waals surface area (Å²) in [7, 11) is 0. The smallest absolute Gasteiger partial charge is 0.123 e. The quantitative estimate of drug-likeness (QED) is 0.573. The molecule has 0 aromatic heterocycles. The number of hydrogen-bond acceptors (Lipinski definition) is 0. The lowest BCUT2D eigenvalue weighted by Crippen LogP contribution is -1.63. The molecule has 13 heavy (non-hydrogen) atoms. The number of halogens is 1. The van der Waals surface area contributed by atoms with Crippen LogP contribution in [0.3, 0.4) is 0 Å². The van der Waals surface area contributed by atoms with Gasteiger partial charge in [-0.25, -0.2) is 4.39 Å². The highest BCUT2D eigenvalue weighted by Crippen LogP contribution is 1.91. The van der Waals surface area contributed by atoms with Gasteiger partial charge in [0.05, 0.1) is 0 Å². The van der Waals surface area contributed by atoms with E-state index < -0.39 is 0 Å². The zero-order chi connectivity index (χ0) is 9.36. The molecule has 2 aromatic carbocycles. The lowest BCUT2D eigenvalue weighted by molar-refractivity contribution is 0.628. The predicted molar refractivity (Wildman–Crippen MR) is 52.8 cm³/mol. The lowest BCUT2D eigenvalue weighted by atomic mass is 10.4. The van der Waals surface area contributed by atoms with Crippen molar-refractivity contribution < 1.29 is 4.39 Å². The normalized spacial score (nSPS) is 8.38. The van der Waals surface area contributed by atoms with E-state index >= 15 is 0 Å². The van der Waals surface area contributed by atoms with Crippen LogP contribution in [0.25, 0.3) is 0 Å². The van der Waals surface area contributed by atoms with Crippen LogP contribution in [-0.2, 0) is 0 Å². The minimum atomic E-state index is -0.178. The Hall–Kier alpha value is -1.63. The summed E-state index contributed by atoms with van der Waals surface area (Å²) in [5.41, 5.74) is 0. The lowest BCUT2D eigenvalue weighted by Gasteiger charge is -1.78. The monoisotopic (exact) mass is 174 g/mol. The van der Waals surface area contributed by atoms with Crippen LogP contribution < -0.4 is 0 Å². The van der Waals surface area contributed by atoms with Crippen LogP contribution in [0.4, 0.5) is 4.39 Å². The highest BCUT2D eigenvalue weighted by molar-refractivity contribution is 5.02. The molecule has 0 spiro atoms. The fraction of sp³-hybridized carbons (Fsp3) is 0. The van der Waals surface area contributed by atoms with Crippen molar-refractivity contribution in [3.05, 3.63) is 72.5 Å². The van der Waals surface area contributed by atoms with E-state index in [0.29, 0.717) is 0 Å². The molecule has 0 saturated heterocycles. The number of rotatable bonds is 0.